The second kappa shape index (κ2) is 7.87. The Bertz CT molecular complexity index is 1030. The number of rotatable bonds is 5. The van der Waals surface area contributed by atoms with Crippen molar-refractivity contribution in [3.63, 3.8) is 0 Å². The Balaban J connectivity index is 2.05. The van der Waals surface area contributed by atoms with Gasteiger partial charge in [-0.2, -0.15) is 0 Å². The molecule has 1 N–H and O–H groups in total. The van der Waals surface area contributed by atoms with Crippen LogP contribution >= 0.6 is 0 Å². The lowest BCUT2D eigenvalue weighted by Gasteiger charge is -2.18. The lowest BCUT2D eigenvalue weighted by atomic mass is 9.87. The minimum Gasteiger partial charge on any atom is -0.461 e. The van der Waals surface area contributed by atoms with Crippen LogP contribution in [0.5, 0.6) is 0 Å². The number of nitrogens with zero attached hydrogens (tertiary/aromatic N) is 2. The number of H-pyrrole nitrogens is 1. The first-order valence-electron chi connectivity index (χ1n) is 9.33. The summed E-state index contributed by atoms with van der Waals surface area (Å²) in [5.41, 5.74) is 3.23. The SMILES string of the molecule is CCOC(=O)c1[nH]c(-c2ccc(C(C)(C)C)cc2)nc1-c1ccc([N+](=O)[O-])cc1. The summed E-state index contributed by atoms with van der Waals surface area (Å²) < 4.78 is 5.15. The van der Waals surface area contributed by atoms with Gasteiger partial charge in [0.2, 0.25) is 0 Å². The molecule has 0 aliphatic heterocycles. The van der Waals surface area contributed by atoms with Gasteiger partial charge in [-0.15, -0.1) is 0 Å². The van der Waals surface area contributed by atoms with Gasteiger partial charge < -0.3 is 9.72 Å². The number of hydrogen-bond acceptors (Lipinski definition) is 5. The summed E-state index contributed by atoms with van der Waals surface area (Å²) in [5.74, 6) is 0.00720. The Labute approximate surface area is 168 Å². The monoisotopic (exact) mass is 393 g/mol. The first kappa shape index (κ1) is 20.3. The zero-order valence-corrected chi connectivity index (χ0v) is 16.9. The molecule has 7 nitrogen and oxygen atoms in total. The van der Waals surface area contributed by atoms with Crippen LogP contribution in [-0.4, -0.2) is 27.5 Å². The highest BCUT2D eigenvalue weighted by Crippen LogP contribution is 2.30. The normalized spacial score (nSPS) is 11.3. The highest BCUT2D eigenvalue weighted by atomic mass is 16.6. The van der Waals surface area contributed by atoms with Gasteiger partial charge in [0.05, 0.1) is 11.5 Å². The number of ether oxygens (including phenoxy) is 1. The summed E-state index contributed by atoms with van der Waals surface area (Å²) in [5, 5.41) is 10.9. The van der Waals surface area contributed by atoms with E-state index in [1.165, 1.54) is 17.7 Å². The van der Waals surface area contributed by atoms with Crippen molar-refractivity contribution in [3.8, 4) is 22.6 Å². The van der Waals surface area contributed by atoms with Crippen molar-refractivity contribution < 1.29 is 14.5 Å². The van der Waals surface area contributed by atoms with Crippen molar-refractivity contribution >= 4 is 11.7 Å². The van der Waals surface area contributed by atoms with E-state index >= 15 is 0 Å². The number of nitrogens with one attached hydrogen (secondary N) is 1. The van der Waals surface area contributed by atoms with Gasteiger partial charge in [-0.25, -0.2) is 9.78 Å². The number of hydrogen-bond donors (Lipinski definition) is 1. The number of nitro benzene ring substituents is 1. The van der Waals surface area contributed by atoms with Crippen LogP contribution in [0.2, 0.25) is 0 Å². The summed E-state index contributed by atoms with van der Waals surface area (Å²) in [6, 6.07) is 13.9. The van der Waals surface area contributed by atoms with E-state index in [-0.39, 0.29) is 23.4 Å². The number of carbonyl (C=O) groups excluding carboxylic acids is 1. The average Bonchev–Trinajstić information content (AvgIpc) is 3.13. The van der Waals surface area contributed by atoms with E-state index in [1.54, 1.807) is 19.1 Å². The molecule has 0 radical (unpaired) electrons. The van der Waals surface area contributed by atoms with E-state index in [0.717, 1.165) is 5.56 Å². The molecule has 1 aromatic heterocycles. The van der Waals surface area contributed by atoms with E-state index in [1.807, 2.05) is 24.3 Å². The van der Waals surface area contributed by atoms with Crippen LogP contribution in [0.3, 0.4) is 0 Å². The fourth-order valence-corrected chi connectivity index (χ4v) is 2.94. The Morgan fingerprint density at radius 2 is 1.66 bits per heavy atom. The van der Waals surface area contributed by atoms with Crippen LogP contribution in [0.4, 0.5) is 5.69 Å². The molecule has 0 amide bonds. The fourth-order valence-electron chi connectivity index (χ4n) is 2.94. The highest BCUT2D eigenvalue weighted by molar-refractivity contribution is 5.95. The topological polar surface area (TPSA) is 98.1 Å². The number of aromatic nitrogens is 2. The zero-order chi connectivity index (χ0) is 21.2. The third-order valence-electron chi connectivity index (χ3n) is 4.56. The van der Waals surface area contributed by atoms with Crippen LogP contribution in [-0.2, 0) is 10.2 Å². The molecule has 29 heavy (non-hydrogen) atoms. The molecule has 7 heteroatoms. The van der Waals surface area contributed by atoms with E-state index in [0.29, 0.717) is 17.1 Å². The minimum atomic E-state index is -0.522. The number of non-ortho nitro benzene ring substituents is 1. The Morgan fingerprint density at radius 1 is 1.07 bits per heavy atom. The molecule has 0 saturated carbocycles. The molecule has 0 saturated heterocycles. The minimum absolute atomic E-state index is 0.0278. The predicted molar refractivity (Wildman–Crippen MR) is 111 cm³/mol. The molecule has 0 bridgehead atoms. The van der Waals surface area contributed by atoms with Crippen molar-refractivity contribution in [1.29, 1.82) is 0 Å². The molecule has 1 heterocycles. The van der Waals surface area contributed by atoms with Crippen LogP contribution < -0.4 is 0 Å². The number of carbonyl (C=O) groups is 1. The molecule has 0 aliphatic carbocycles. The molecule has 3 aromatic rings. The average molecular weight is 393 g/mol. The maximum Gasteiger partial charge on any atom is 0.357 e. The smallest absolute Gasteiger partial charge is 0.357 e. The van der Waals surface area contributed by atoms with E-state index < -0.39 is 10.9 Å². The third-order valence-corrected chi connectivity index (χ3v) is 4.56. The third kappa shape index (κ3) is 4.34. The van der Waals surface area contributed by atoms with Gasteiger partial charge in [-0.3, -0.25) is 10.1 Å². The second-order valence-corrected chi connectivity index (χ2v) is 7.66. The summed E-state index contributed by atoms with van der Waals surface area (Å²) in [6.07, 6.45) is 0. The summed E-state index contributed by atoms with van der Waals surface area (Å²) in [7, 11) is 0. The summed E-state index contributed by atoms with van der Waals surface area (Å²) in [6.45, 7) is 8.38. The van der Waals surface area contributed by atoms with Crippen molar-refractivity contribution in [3.05, 3.63) is 69.9 Å². The maximum absolute atomic E-state index is 12.4. The first-order valence-corrected chi connectivity index (χ1v) is 9.33. The molecule has 0 atom stereocenters. The van der Waals surface area contributed by atoms with Crippen LogP contribution in [0.15, 0.2) is 48.5 Å². The Morgan fingerprint density at radius 3 is 2.17 bits per heavy atom. The summed E-state index contributed by atoms with van der Waals surface area (Å²) in [4.78, 5) is 30.5. The molecule has 0 spiro atoms. The van der Waals surface area contributed by atoms with Gasteiger partial charge in [0, 0.05) is 23.3 Å². The van der Waals surface area contributed by atoms with Gasteiger partial charge >= 0.3 is 5.97 Å². The van der Waals surface area contributed by atoms with Crippen molar-refractivity contribution in [2.45, 2.75) is 33.1 Å². The molecule has 3 rings (SSSR count). The quantitative estimate of drug-likeness (QED) is 0.368. The van der Waals surface area contributed by atoms with Gasteiger partial charge in [-0.05, 0) is 30.0 Å². The lowest BCUT2D eigenvalue weighted by Crippen LogP contribution is -2.10. The van der Waals surface area contributed by atoms with Gasteiger partial charge in [0.25, 0.3) is 5.69 Å². The molecule has 0 aliphatic rings. The van der Waals surface area contributed by atoms with Crippen molar-refractivity contribution in [1.82, 2.24) is 9.97 Å². The first-order chi connectivity index (χ1) is 13.7. The Kier molecular flexibility index (Phi) is 5.50. The zero-order valence-electron chi connectivity index (χ0n) is 16.9. The number of esters is 1. The van der Waals surface area contributed by atoms with Gasteiger partial charge in [0.15, 0.2) is 5.69 Å². The van der Waals surface area contributed by atoms with E-state index in [9.17, 15) is 14.9 Å². The van der Waals surface area contributed by atoms with Gasteiger partial charge in [-0.1, -0.05) is 45.0 Å². The molecular formula is C22H23N3O4. The maximum atomic E-state index is 12.4. The molecule has 150 valence electrons. The predicted octanol–water partition coefficient (Wildman–Crippen LogP) is 5.13. The Hall–Kier alpha value is -3.48. The van der Waals surface area contributed by atoms with E-state index in [4.69, 9.17) is 4.74 Å². The van der Waals surface area contributed by atoms with Crippen LogP contribution in [0.25, 0.3) is 22.6 Å². The highest BCUT2D eigenvalue weighted by Gasteiger charge is 2.21. The molecular weight excluding hydrogens is 370 g/mol. The molecule has 0 fully saturated rings. The van der Waals surface area contributed by atoms with Crippen LogP contribution in [0, 0.1) is 10.1 Å². The number of nitro groups is 1. The number of benzene rings is 2. The number of aromatic amines is 1. The molecule has 2 aromatic carbocycles. The van der Waals surface area contributed by atoms with Crippen LogP contribution in [0.1, 0.15) is 43.7 Å². The van der Waals surface area contributed by atoms with E-state index in [2.05, 4.69) is 30.7 Å². The molecule has 0 unspecified atom stereocenters. The number of imidazole rings is 1. The standard InChI is InChI=1S/C22H23N3O4/c1-5-29-21(26)19-18(14-8-12-17(13-9-14)25(27)28)23-20(24-19)15-6-10-16(11-7-15)22(2,3)4/h6-13H,5H2,1-4H3,(H,23,24). The van der Waals surface area contributed by atoms with Crippen molar-refractivity contribution in [2.75, 3.05) is 6.61 Å². The summed E-state index contributed by atoms with van der Waals surface area (Å²) >= 11 is 0. The lowest BCUT2D eigenvalue weighted by molar-refractivity contribution is -0.384. The largest absolute Gasteiger partial charge is 0.461 e. The second-order valence-electron chi connectivity index (χ2n) is 7.66. The van der Waals surface area contributed by atoms with Gasteiger partial charge in [0.1, 0.15) is 11.5 Å². The van der Waals surface area contributed by atoms with Crippen molar-refractivity contribution in [2.24, 2.45) is 0 Å². The fraction of sp³-hybridized carbons (Fsp3) is 0.273.